The van der Waals surface area contributed by atoms with Crippen molar-refractivity contribution in [3.05, 3.63) is 23.8 Å². The van der Waals surface area contributed by atoms with Crippen LogP contribution in [-0.2, 0) is 0 Å². The molecule has 2 heteroatoms. The van der Waals surface area contributed by atoms with Gasteiger partial charge < -0.3 is 9.84 Å². The molecule has 0 aromatic heterocycles. The van der Waals surface area contributed by atoms with Crippen LogP contribution < -0.4 is 4.74 Å². The lowest BCUT2D eigenvalue weighted by Gasteiger charge is -2.23. The second kappa shape index (κ2) is 2.91. The summed E-state index contributed by atoms with van der Waals surface area (Å²) in [6.07, 6.45) is 5.37. The molecule has 74 valence electrons. The van der Waals surface area contributed by atoms with Crippen LogP contribution in [0, 0.1) is 0 Å². The molecule has 1 fully saturated rings. The Morgan fingerprint density at radius 3 is 3.00 bits per heavy atom. The molecule has 1 saturated carbocycles. The van der Waals surface area contributed by atoms with Gasteiger partial charge in [-0.1, -0.05) is 12.5 Å². The maximum Gasteiger partial charge on any atom is 0.127 e. The molecule has 0 saturated heterocycles. The van der Waals surface area contributed by atoms with Crippen molar-refractivity contribution in [1.29, 1.82) is 0 Å². The number of benzene rings is 1. The van der Waals surface area contributed by atoms with E-state index in [4.69, 9.17) is 4.74 Å². The highest BCUT2D eigenvalue weighted by Gasteiger charge is 2.35. The molecule has 2 unspecified atom stereocenters. The van der Waals surface area contributed by atoms with E-state index in [0.29, 0.717) is 17.8 Å². The number of rotatable bonds is 0. The first-order valence-electron chi connectivity index (χ1n) is 5.34. The lowest BCUT2D eigenvalue weighted by Crippen LogP contribution is -2.22. The first kappa shape index (κ1) is 8.16. The number of hydrogen-bond donors (Lipinski definition) is 1. The van der Waals surface area contributed by atoms with Crippen LogP contribution in [0.15, 0.2) is 18.2 Å². The van der Waals surface area contributed by atoms with Gasteiger partial charge in [0.15, 0.2) is 0 Å². The Kier molecular flexibility index (Phi) is 1.69. The van der Waals surface area contributed by atoms with Crippen LogP contribution in [0.3, 0.4) is 0 Å². The van der Waals surface area contributed by atoms with Crippen molar-refractivity contribution in [2.24, 2.45) is 0 Å². The van der Waals surface area contributed by atoms with Gasteiger partial charge in [-0.2, -0.15) is 0 Å². The zero-order valence-electron chi connectivity index (χ0n) is 8.07. The van der Waals surface area contributed by atoms with E-state index in [1.54, 1.807) is 12.1 Å². The molecule has 1 aromatic rings. The summed E-state index contributed by atoms with van der Waals surface area (Å²) >= 11 is 0. The van der Waals surface area contributed by atoms with E-state index in [0.717, 1.165) is 5.75 Å². The second-order valence-electron chi connectivity index (χ2n) is 4.27. The fraction of sp³-hybridized carbons (Fsp3) is 0.500. The molecule has 2 nitrogen and oxygen atoms in total. The smallest absolute Gasteiger partial charge is 0.127 e. The van der Waals surface area contributed by atoms with Gasteiger partial charge in [0, 0.05) is 17.5 Å². The molecule has 0 bridgehead atoms. The van der Waals surface area contributed by atoms with Gasteiger partial charge >= 0.3 is 0 Å². The Hall–Kier alpha value is -1.18. The number of fused-ring (bicyclic) bond motifs is 3. The predicted molar refractivity (Wildman–Crippen MR) is 53.7 cm³/mol. The molecule has 1 heterocycles. The van der Waals surface area contributed by atoms with E-state index in [1.807, 2.05) is 6.07 Å². The van der Waals surface area contributed by atoms with Crippen molar-refractivity contribution in [3.63, 3.8) is 0 Å². The molecular formula is C12H14O2. The minimum Gasteiger partial charge on any atom is -0.508 e. The fourth-order valence-electron chi connectivity index (χ4n) is 2.69. The first-order chi connectivity index (χ1) is 6.84. The van der Waals surface area contributed by atoms with E-state index < -0.39 is 0 Å². The summed E-state index contributed by atoms with van der Waals surface area (Å²) in [5, 5.41) is 9.35. The van der Waals surface area contributed by atoms with Crippen LogP contribution in [0.25, 0.3) is 0 Å². The monoisotopic (exact) mass is 190 g/mol. The summed E-state index contributed by atoms with van der Waals surface area (Å²) in [6.45, 7) is 0. The highest BCUT2D eigenvalue weighted by Crippen LogP contribution is 2.46. The zero-order valence-corrected chi connectivity index (χ0v) is 8.07. The van der Waals surface area contributed by atoms with Crippen LogP contribution >= 0.6 is 0 Å². The molecule has 1 N–H and O–H groups in total. The number of phenols is 1. The summed E-state index contributed by atoms with van der Waals surface area (Å²) in [4.78, 5) is 0. The van der Waals surface area contributed by atoms with Crippen molar-refractivity contribution in [3.8, 4) is 11.5 Å². The van der Waals surface area contributed by atoms with E-state index >= 15 is 0 Å². The quantitative estimate of drug-likeness (QED) is 0.681. The molecule has 3 rings (SSSR count). The Balaban J connectivity index is 2.01. The van der Waals surface area contributed by atoms with E-state index in [2.05, 4.69) is 0 Å². The summed E-state index contributed by atoms with van der Waals surface area (Å²) in [7, 11) is 0. The summed E-state index contributed by atoms with van der Waals surface area (Å²) in [6, 6.07) is 5.52. The lowest BCUT2D eigenvalue weighted by atomic mass is 9.83. The van der Waals surface area contributed by atoms with Gasteiger partial charge in [0.25, 0.3) is 0 Å². The van der Waals surface area contributed by atoms with Crippen LogP contribution in [0.2, 0.25) is 0 Å². The number of phenolic OH excluding ortho intramolecular Hbond substituents is 1. The average molecular weight is 190 g/mol. The third kappa shape index (κ3) is 1.10. The lowest BCUT2D eigenvalue weighted by molar-refractivity contribution is 0.164. The van der Waals surface area contributed by atoms with E-state index in [-0.39, 0.29) is 0 Å². The number of ether oxygens (including phenoxy) is 1. The molecule has 1 aliphatic heterocycles. The summed E-state index contributed by atoms with van der Waals surface area (Å²) < 4.78 is 5.83. The van der Waals surface area contributed by atoms with Gasteiger partial charge in [-0.3, -0.25) is 0 Å². The normalized spacial score (nSPS) is 29.1. The molecule has 0 amide bonds. The predicted octanol–water partition coefficient (Wildman–Crippen LogP) is 2.81. The fourth-order valence-corrected chi connectivity index (χ4v) is 2.69. The maximum atomic E-state index is 9.35. The van der Waals surface area contributed by atoms with Gasteiger partial charge in [-0.15, -0.1) is 0 Å². The Morgan fingerprint density at radius 1 is 1.21 bits per heavy atom. The highest BCUT2D eigenvalue weighted by molar-refractivity contribution is 5.45. The van der Waals surface area contributed by atoms with E-state index in [9.17, 15) is 5.11 Å². The maximum absolute atomic E-state index is 9.35. The largest absolute Gasteiger partial charge is 0.508 e. The Morgan fingerprint density at radius 2 is 2.07 bits per heavy atom. The molecule has 0 spiro atoms. The number of hydrogen-bond acceptors (Lipinski definition) is 2. The van der Waals surface area contributed by atoms with Crippen molar-refractivity contribution in [2.75, 3.05) is 0 Å². The van der Waals surface area contributed by atoms with Gasteiger partial charge in [-0.05, 0) is 25.3 Å². The second-order valence-corrected chi connectivity index (χ2v) is 4.27. The zero-order chi connectivity index (χ0) is 9.54. The SMILES string of the molecule is Oc1ccc2c(c1)OC1CCCCC21. The van der Waals surface area contributed by atoms with E-state index in [1.165, 1.54) is 31.2 Å². The van der Waals surface area contributed by atoms with Crippen LogP contribution in [0.5, 0.6) is 11.5 Å². The van der Waals surface area contributed by atoms with Gasteiger partial charge in [0.1, 0.15) is 17.6 Å². The molecule has 0 radical (unpaired) electrons. The Bertz CT molecular complexity index is 359. The van der Waals surface area contributed by atoms with Crippen molar-refractivity contribution < 1.29 is 9.84 Å². The minimum absolute atomic E-state index is 0.308. The first-order valence-corrected chi connectivity index (χ1v) is 5.34. The Labute approximate surface area is 83.5 Å². The van der Waals surface area contributed by atoms with Gasteiger partial charge in [-0.25, -0.2) is 0 Å². The van der Waals surface area contributed by atoms with Gasteiger partial charge in [0.05, 0.1) is 0 Å². The van der Waals surface area contributed by atoms with Crippen LogP contribution in [-0.4, -0.2) is 11.2 Å². The van der Waals surface area contributed by atoms with Crippen molar-refractivity contribution in [2.45, 2.75) is 37.7 Å². The third-order valence-electron chi connectivity index (χ3n) is 3.38. The van der Waals surface area contributed by atoms with Crippen LogP contribution in [0.1, 0.15) is 37.2 Å². The molecule has 14 heavy (non-hydrogen) atoms. The highest BCUT2D eigenvalue weighted by atomic mass is 16.5. The third-order valence-corrected chi connectivity index (χ3v) is 3.38. The number of aromatic hydroxyl groups is 1. The summed E-state index contributed by atoms with van der Waals surface area (Å²) in [5.41, 5.74) is 1.30. The molecule has 2 atom stereocenters. The van der Waals surface area contributed by atoms with Crippen LogP contribution in [0.4, 0.5) is 0 Å². The van der Waals surface area contributed by atoms with Crippen molar-refractivity contribution >= 4 is 0 Å². The molecule has 1 aliphatic carbocycles. The van der Waals surface area contributed by atoms with Crippen molar-refractivity contribution in [1.82, 2.24) is 0 Å². The molecular weight excluding hydrogens is 176 g/mol. The topological polar surface area (TPSA) is 29.5 Å². The standard InChI is InChI=1S/C12H14O2/c13-8-5-6-10-9-3-1-2-4-11(9)14-12(10)7-8/h5-7,9,11,13H,1-4H2. The van der Waals surface area contributed by atoms with Gasteiger partial charge in [0.2, 0.25) is 0 Å². The minimum atomic E-state index is 0.308. The summed E-state index contributed by atoms with van der Waals surface area (Å²) in [5.74, 6) is 1.80. The average Bonchev–Trinajstić information content (AvgIpc) is 2.54. The molecule has 2 aliphatic rings. The molecule has 1 aromatic carbocycles.